The number of rotatable bonds is 1. The summed E-state index contributed by atoms with van der Waals surface area (Å²) >= 11 is 0. The molecule has 7 nitrogen and oxygen atoms in total. The number of aryl methyl sites for hydroxylation is 1. The Morgan fingerprint density at radius 2 is 1.88 bits per heavy atom. The van der Waals surface area contributed by atoms with Crippen LogP contribution in [0.3, 0.4) is 0 Å². The quantitative estimate of drug-likeness (QED) is 0.586. The Morgan fingerprint density at radius 3 is 2.62 bits per heavy atom. The molecule has 8 heteroatoms. The van der Waals surface area contributed by atoms with Crippen LogP contribution in [0.15, 0.2) is 47.0 Å². The Labute approximate surface area is 189 Å². The molecule has 4 rings (SSSR count). The van der Waals surface area contributed by atoms with Crippen molar-refractivity contribution < 1.29 is 8.95 Å². The molecule has 2 heterocycles. The summed E-state index contributed by atoms with van der Waals surface area (Å²) in [7, 11) is -0.200. The zero-order chi connectivity index (χ0) is 23.0. The van der Waals surface area contributed by atoms with Gasteiger partial charge < -0.3 is 10.5 Å². The zero-order valence-electron chi connectivity index (χ0n) is 19.1. The first-order chi connectivity index (χ1) is 15.1. The highest BCUT2D eigenvalue weighted by atomic mass is 32.2. The maximum Gasteiger partial charge on any atom is 0.258 e. The van der Waals surface area contributed by atoms with Crippen molar-refractivity contribution in [2.45, 2.75) is 33.0 Å². The highest BCUT2D eigenvalue weighted by Gasteiger charge is 2.20. The van der Waals surface area contributed by atoms with Gasteiger partial charge in [-0.15, -0.1) is 0 Å². The molecule has 0 aliphatic carbocycles. The molecular weight excluding hydrogens is 422 g/mol. The summed E-state index contributed by atoms with van der Waals surface area (Å²) in [6.07, 6.45) is 4.65. The van der Waals surface area contributed by atoms with E-state index in [1.54, 1.807) is 18.7 Å². The second-order valence-electron chi connectivity index (χ2n) is 8.69. The number of anilines is 1. The summed E-state index contributed by atoms with van der Waals surface area (Å²) in [5.74, 6) is 0.552. The Hall–Kier alpha value is -2.97. The topological polar surface area (TPSA) is 93.7 Å². The van der Waals surface area contributed by atoms with Crippen molar-refractivity contribution in [1.29, 1.82) is 0 Å². The predicted octanol–water partition coefficient (Wildman–Crippen LogP) is 4.48. The number of aromatic nitrogens is 2. The lowest BCUT2D eigenvalue weighted by Gasteiger charge is -2.25. The van der Waals surface area contributed by atoms with Crippen molar-refractivity contribution in [3.8, 4) is 17.1 Å². The number of ether oxygens (including phenoxy) is 1. The van der Waals surface area contributed by atoms with E-state index < -0.39 is 9.73 Å². The highest BCUT2D eigenvalue weighted by Crippen LogP contribution is 2.34. The van der Waals surface area contributed by atoms with Crippen LogP contribution in [-0.4, -0.2) is 38.6 Å². The molecule has 0 fully saturated rings. The molecule has 1 aliphatic rings. The molecule has 32 heavy (non-hydrogen) atoms. The number of benzene rings is 2. The third kappa shape index (κ3) is 4.92. The van der Waals surface area contributed by atoms with Gasteiger partial charge in [-0.05, 0) is 49.7 Å². The van der Waals surface area contributed by atoms with Gasteiger partial charge in [-0.2, -0.15) is 4.36 Å². The first-order valence-corrected chi connectivity index (χ1v) is 12.8. The maximum absolute atomic E-state index is 12.2. The van der Waals surface area contributed by atoms with Crippen LogP contribution in [0, 0.1) is 6.92 Å². The predicted molar refractivity (Wildman–Crippen MR) is 129 cm³/mol. The fourth-order valence-corrected chi connectivity index (χ4v) is 4.58. The lowest BCUT2D eigenvalue weighted by atomic mass is 9.99. The number of hydrogen-bond acceptors (Lipinski definition) is 7. The lowest BCUT2D eigenvalue weighted by molar-refractivity contribution is 0.214. The smallest absolute Gasteiger partial charge is 0.258 e. The van der Waals surface area contributed by atoms with Gasteiger partial charge in [-0.3, -0.25) is 4.90 Å². The average Bonchev–Trinajstić information content (AvgIpc) is 2.70. The highest BCUT2D eigenvalue weighted by molar-refractivity contribution is 7.92. The SMILES string of the molecule is Cc1ccc2c(c1)[C@@H](C)Oc1nc(cnc1N)-c1cc(N=S(C)(C)=O)ccc1CN(C)C2. The lowest BCUT2D eigenvalue weighted by Crippen LogP contribution is -2.20. The van der Waals surface area contributed by atoms with Crippen LogP contribution in [0.4, 0.5) is 11.5 Å². The standard InChI is InChI=1S/C24H29N5O2S/c1-15-6-7-17-13-29(3)14-18-8-9-19(28-32(4,5)30)11-21(18)22-12-26-23(25)24(27-22)31-16(2)20(17)10-15/h6-12,16H,13-14H2,1-5H3,(H2,25,26)/t16-/m1/s1. The molecular formula is C24H29N5O2S. The van der Waals surface area contributed by atoms with E-state index in [1.807, 2.05) is 25.1 Å². The fourth-order valence-electron chi connectivity index (χ4n) is 3.95. The summed E-state index contributed by atoms with van der Waals surface area (Å²) in [5.41, 5.74) is 12.8. The zero-order valence-corrected chi connectivity index (χ0v) is 19.9. The molecule has 2 bridgehead atoms. The van der Waals surface area contributed by atoms with Crippen molar-refractivity contribution in [2.75, 3.05) is 25.3 Å². The number of nitrogens with zero attached hydrogens (tertiary/aromatic N) is 4. The molecule has 1 aromatic heterocycles. The molecule has 3 aromatic rings. The molecule has 1 aliphatic heterocycles. The van der Waals surface area contributed by atoms with Gasteiger partial charge in [0.05, 0.1) is 17.6 Å². The third-order valence-corrected chi connectivity index (χ3v) is 6.02. The fraction of sp³-hybridized carbons (Fsp3) is 0.333. The molecule has 0 radical (unpaired) electrons. The van der Waals surface area contributed by atoms with Crippen LogP contribution in [0.5, 0.6) is 5.88 Å². The molecule has 0 unspecified atom stereocenters. The van der Waals surface area contributed by atoms with Gasteiger partial charge in [0.2, 0.25) is 0 Å². The Morgan fingerprint density at radius 1 is 1.16 bits per heavy atom. The van der Waals surface area contributed by atoms with E-state index in [2.05, 4.69) is 46.4 Å². The molecule has 0 saturated heterocycles. The van der Waals surface area contributed by atoms with Gasteiger partial charge >= 0.3 is 0 Å². The molecule has 2 N–H and O–H groups in total. The average molecular weight is 452 g/mol. The van der Waals surface area contributed by atoms with Crippen LogP contribution in [0.2, 0.25) is 0 Å². The molecule has 0 spiro atoms. The minimum atomic E-state index is -2.29. The van der Waals surface area contributed by atoms with Crippen molar-refractivity contribution in [3.05, 3.63) is 64.8 Å². The van der Waals surface area contributed by atoms with E-state index in [1.165, 1.54) is 11.1 Å². The summed E-state index contributed by atoms with van der Waals surface area (Å²) < 4.78 is 22.8. The molecule has 0 saturated carbocycles. The van der Waals surface area contributed by atoms with Gasteiger partial charge in [-0.1, -0.05) is 29.8 Å². The number of nitrogens with two attached hydrogens (primary N) is 1. The van der Waals surface area contributed by atoms with Gasteiger partial charge in [0.1, 0.15) is 6.10 Å². The van der Waals surface area contributed by atoms with E-state index in [0.717, 1.165) is 23.2 Å². The maximum atomic E-state index is 12.2. The van der Waals surface area contributed by atoms with Gasteiger partial charge in [0.25, 0.3) is 5.88 Å². The summed E-state index contributed by atoms with van der Waals surface area (Å²) in [6, 6.07) is 12.2. The van der Waals surface area contributed by atoms with Crippen LogP contribution >= 0.6 is 0 Å². The van der Waals surface area contributed by atoms with Gasteiger partial charge in [-0.25, -0.2) is 14.2 Å². The van der Waals surface area contributed by atoms with Crippen LogP contribution in [-0.2, 0) is 22.8 Å². The monoisotopic (exact) mass is 451 g/mol. The van der Waals surface area contributed by atoms with Gasteiger partial charge in [0.15, 0.2) is 5.82 Å². The van der Waals surface area contributed by atoms with Crippen molar-refractivity contribution >= 4 is 21.2 Å². The molecule has 0 amide bonds. The summed E-state index contributed by atoms with van der Waals surface area (Å²) in [4.78, 5) is 11.3. The van der Waals surface area contributed by atoms with Gasteiger partial charge in [0, 0.05) is 40.9 Å². The second-order valence-corrected chi connectivity index (χ2v) is 11.2. The molecule has 1 atom stereocenters. The Bertz CT molecular complexity index is 1290. The summed E-state index contributed by atoms with van der Waals surface area (Å²) in [6.45, 7) is 5.54. The van der Waals surface area contributed by atoms with E-state index >= 15 is 0 Å². The number of nitrogen functional groups attached to an aromatic ring is 1. The minimum absolute atomic E-state index is 0.241. The van der Waals surface area contributed by atoms with Crippen LogP contribution in [0.1, 0.15) is 35.3 Å². The second kappa shape index (κ2) is 8.52. The largest absolute Gasteiger partial charge is 0.467 e. The van der Waals surface area contributed by atoms with Crippen LogP contribution < -0.4 is 10.5 Å². The third-order valence-electron chi connectivity index (χ3n) is 5.37. The van der Waals surface area contributed by atoms with Crippen molar-refractivity contribution in [2.24, 2.45) is 4.36 Å². The minimum Gasteiger partial charge on any atom is -0.467 e. The molecule has 2 aromatic carbocycles. The van der Waals surface area contributed by atoms with Crippen molar-refractivity contribution in [3.63, 3.8) is 0 Å². The van der Waals surface area contributed by atoms with E-state index in [-0.39, 0.29) is 11.9 Å². The summed E-state index contributed by atoms with van der Waals surface area (Å²) in [5, 5.41) is 0. The van der Waals surface area contributed by atoms with Crippen LogP contribution in [0.25, 0.3) is 11.3 Å². The van der Waals surface area contributed by atoms with Crippen molar-refractivity contribution in [1.82, 2.24) is 14.9 Å². The Kier molecular flexibility index (Phi) is 5.92. The first-order valence-electron chi connectivity index (χ1n) is 10.5. The van der Waals surface area contributed by atoms with E-state index in [9.17, 15) is 4.21 Å². The molecule has 168 valence electrons. The normalized spacial score (nSPS) is 16.7. The number of fused-ring (bicyclic) bond motifs is 5. The van der Waals surface area contributed by atoms with E-state index in [0.29, 0.717) is 23.8 Å². The first kappa shape index (κ1) is 22.2. The Balaban J connectivity index is 1.90. The number of hydrogen-bond donors (Lipinski definition) is 1. The van der Waals surface area contributed by atoms with E-state index in [4.69, 9.17) is 15.5 Å².